The van der Waals surface area contributed by atoms with Crippen molar-refractivity contribution in [1.29, 1.82) is 0 Å². The van der Waals surface area contributed by atoms with Crippen LogP contribution in [0.5, 0.6) is 0 Å². The van der Waals surface area contributed by atoms with E-state index < -0.39 is 6.04 Å². The molecule has 0 aromatic heterocycles. The first-order chi connectivity index (χ1) is 14.2. The standard InChI is InChI=1S/C25H45NO3/c1-2-3-4-5-6-7-8-9-10-11-12-13-14-15-16-17-18-19-22-29-25(28)23-20-21-24(27)26-23/h14-15,23H,2-13,16-22H2,1H3,(H,26,27)/b15-14+/t23-/m0/s1. The summed E-state index contributed by atoms with van der Waals surface area (Å²) in [6.45, 7) is 2.74. The van der Waals surface area contributed by atoms with Gasteiger partial charge in [0, 0.05) is 6.42 Å². The summed E-state index contributed by atoms with van der Waals surface area (Å²) in [5.41, 5.74) is 0. The van der Waals surface area contributed by atoms with E-state index in [-0.39, 0.29) is 11.9 Å². The van der Waals surface area contributed by atoms with Gasteiger partial charge in [0.15, 0.2) is 0 Å². The Balaban J connectivity index is 1.75. The molecule has 0 aliphatic carbocycles. The summed E-state index contributed by atoms with van der Waals surface area (Å²) in [4.78, 5) is 22.8. The zero-order chi connectivity index (χ0) is 21.0. The highest BCUT2D eigenvalue weighted by atomic mass is 16.5. The maximum absolute atomic E-state index is 11.7. The molecule has 1 atom stereocenters. The van der Waals surface area contributed by atoms with Gasteiger partial charge in [0.2, 0.25) is 5.91 Å². The van der Waals surface area contributed by atoms with Gasteiger partial charge >= 0.3 is 5.97 Å². The predicted molar refractivity (Wildman–Crippen MR) is 121 cm³/mol. The van der Waals surface area contributed by atoms with Crippen LogP contribution in [0.15, 0.2) is 12.2 Å². The molecule has 1 aliphatic heterocycles. The number of nitrogens with one attached hydrogen (secondary N) is 1. The van der Waals surface area contributed by atoms with Gasteiger partial charge in [-0.3, -0.25) is 4.79 Å². The molecular weight excluding hydrogens is 362 g/mol. The number of hydrogen-bond donors (Lipinski definition) is 1. The molecule has 1 saturated heterocycles. The van der Waals surface area contributed by atoms with E-state index >= 15 is 0 Å². The summed E-state index contributed by atoms with van der Waals surface area (Å²) in [6, 6.07) is -0.416. The molecule has 0 spiro atoms. The van der Waals surface area contributed by atoms with Gasteiger partial charge in [0.1, 0.15) is 6.04 Å². The van der Waals surface area contributed by atoms with Crippen LogP contribution < -0.4 is 5.32 Å². The second-order valence-corrected chi connectivity index (χ2v) is 8.47. The Morgan fingerprint density at radius 2 is 1.38 bits per heavy atom. The first-order valence-electron chi connectivity index (χ1n) is 12.3. The third-order valence-corrected chi connectivity index (χ3v) is 5.68. The highest BCUT2D eigenvalue weighted by molar-refractivity contribution is 5.87. The molecule has 1 rings (SSSR count). The molecule has 1 aliphatic rings. The van der Waals surface area contributed by atoms with Crippen molar-refractivity contribution < 1.29 is 14.3 Å². The smallest absolute Gasteiger partial charge is 0.328 e. The van der Waals surface area contributed by atoms with E-state index in [9.17, 15) is 9.59 Å². The van der Waals surface area contributed by atoms with Crippen molar-refractivity contribution in [2.24, 2.45) is 0 Å². The number of ether oxygens (including phenoxy) is 1. The van der Waals surface area contributed by atoms with Gasteiger partial charge < -0.3 is 10.1 Å². The van der Waals surface area contributed by atoms with E-state index in [0.717, 1.165) is 25.7 Å². The van der Waals surface area contributed by atoms with Crippen LogP contribution >= 0.6 is 0 Å². The molecule has 0 aromatic rings. The molecule has 0 unspecified atom stereocenters. The maximum atomic E-state index is 11.7. The fraction of sp³-hybridized carbons (Fsp3) is 0.840. The van der Waals surface area contributed by atoms with Gasteiger partial charge in [-0.15, -0.1) is 0 Å². The molecule has 4 nitrogen and oxygen atoms in total. The Morgan fingerprint density at radius 3 is 1.90 bits per heavy atom. The minimum absolute atomic E-state index is 0.0492. The van der Waals surface area contributed by atoms with Gasteiger partial charge in [-0.25, -0.2) is 4.79 Å². The second kappa shape index (κ2) is 18.7. The van der Waals surface area contributed by atoms with Crippen LogP contribution in [0, 0.1) is 0 Å². The Kier molecular flexibility index (Phi) is 16.6. The van der Waals surface area contributed by atoms with Crippen molar-refractivity contribution in [2.45, 2.75) is 129 Å². The molecule has 0 radical (unpaired) electrons. The average Bonchev–Trinajstić information content (AvgIpc) is 3.16. The quantitative estimate of drug-likeness (QED) is 0.149. The first-order valence-corrected chi connectivity index (χ1v) is 12.3. The zero-order valence-electron chi connectivity index (χ0n) is 18.9. The number of rotatable bonds is 19. The van der Waals surface area contributed by atoms with Crippen molar-refractivity contribution in [3.8, 4) is 0 Å². The van der Waals surface area contributed by atoms with Gasteiger partial charge in [-0.2, -0.15) is 0 Å². The monoisotopic (exact) mass is 407 g/mol. The minimum atomic E-state index is -0.416. The number of unbranched alkanes of at least 4 members (excludes halogenated alkanes) is 14. The third kappa shape index (κ3) is 15.2. The van der Waals surface area contributed by atoms with Crippen molar-refractivity contribution in [3.05, 3.63) is 12.2 Å². The summed E-state index contributed by atoms with van der Waals surface area (Å²) in [5.74, 6) is -0.324. The Morgan fingerprint density at radius 1 is 0.862 bits per heavy atom. The first kappa shape index (κ1) is 25.7. The van der Waals surface area contributed by atoms with Crippen LogP contribution in [0.4, 0.5) is 0 Å². The lowest BCUT2D eigenvalue weighted by Crippen LogP contribution is -2.34. The molecule has 0 saturated carbocycles. The Bertz CT molecular complexity index is 447. The van der Waals surface area contributed by atoms with E-state index in [2.05, 4.69) is 24.4 Å². The summed E-state index contributed by atoms with van der Waals surface area (Å²) in [5, 5.41) is 2.64. The van der Waals surface area contributed by atoms with Gasteiger partial charge in [0.05, 0.1) is 6.61 Å². The van der Waals surface area contributed by atoms with Crippen molar-refractivity contribution in [2.75, 3.05) is 6.61 Å². The van der Waals surface area contributed by atoms with Gasteiger partial charge in [-0.05, 0) is 44.9 Å². The molecule has 29 heavy (non-hydrogen) atoms. The number of hydrogen-bond acceptors (Lipinski definition) is 3. The van der Waals surface area contributed by atoms with Crippen LogP contribution in [-0.2, 0) is 14.3 Å². The van der Waals surface area contributed by atoms with Crippen LogP contribution in [0.2, 0.25) is 0 Å². The van der Waals surface area contributed by atoms with Crippen molar-refractivity contribution in [3.63, 3.8) is 0 Å². The Labute approximate surface area is 179 Å². The molecule has 1 N–H and O–H groups in total. The molecule has 1 heterocycles. The number of carbonyl (C=O) groups excluding carboxylic acids is 2. The van der Waals surface area contributed by atoms with E-state index in [0.29, 0.717) is 19.4 Å². The summed E-state index contributed by atoms with van der Waals surface area (Å²) >= 11 is 0. The van der Waals surface area contributed by atoms with E-state index in [1.807, 2.05) is 0 Å². The molecule has 0 bridgehead atoms. The fourth-order valence-corrected chi connectivity index (χ4v) is 3.77. The van der Waals surface area contributed by atoms with Crippen LogP contribution in [0.3, 0.4) is 0 Å². The normalized spacial score (nSPS) is 16.4. The number of allylic oxidation sites excluding steroid dienone is 2. The molecule has 0 aromatic carbocycles. The summed E-state index contributed by atoms with van der Waals surface area (Å²) < 4.78 is 5.23. The second-order valence-electron chi connectivity index (χ2n) is 8.47. The minimum Gasteiger partial charge on any atom is -0.464 e. The molecule has 1 amide bonds. The number of carbonyl (C=O) groups is 2. The van der Waals surface area contributed by atoms with Crippen LogP contribution in [-0.4, -0.2) is 24.5 Å². The largest absolute Gasteiger partial charge is 0.464 e. The average molecular weight is 408 g/mol. The summed E-state index contributed by atoms with van der Waals surface area (Å²) in [6.07, 6.45) is 26.5. The number of amides is 1. The van der Waals surface area contributed by atoms with E-state index in [1.165, 1.54) is 77.0 Å². The topological polar surface area (TPSA) is 55.4 Å². The van der Waals surface area contributed by atoms with Crippen LogP contribution in [0.25, 0.3) is 0 Å². The lowest BCUT2D eigenvalue weighted by Gasteiger charge is -2.09. The molecule has 4 heteroatoms. The number of esters is 1. The van der Waals surface area contributed by atoms with E-state index in [1.54, 1.807) is 0 Å². The predicted octanol–water partition coefficient (Wildman–Crippen LogP) is 6.63. The van der Waals surface area contributed by atoms with Crippen molar-refractivity contribution in [1.82, 2.24) is 5.32 Å². The lowest BCUT2D eigenvalue weighted by molar-refractivity contribution is -0.146. The van der Waals surface area contributed by atoms with Crippen LogP contribution in [0.1, 0.15) is 122 Å². The van der Waals surface area contributed by atoms with Gasteiger partial charge in [-0.1, -0.05) is 83.3 Å². The Hall–Kier alpha value is -1.32. The lowest BCUT2D eigenvalue weighted by atomic mass is 10.1. The third-order valence-electron chi connectivity index (χ3n) is 5.68. The highest BCUT2D eigenvalue weighted by Crippen LogP contribution is 2.12. The van der Waals surface area contributed by atoms with E-state index in [4.69, 9.17) is 4.74 Å². The zero-order valence-corrected chi connectivity index (χ0v) is 18.9. The molecule has 168 valence electrons. The SMILES string of the molecule is CCCCCCCCCCCCC/C=C/CCCCCOC(=O)[C@@H]1CCC(=O)N1. The van der Waals surface area contributed by atoms with Crippen molar-refractivity contribution >= 4 is 11.9 Å². The maximum Gasteiger partial charge on any atom is 0.328 e. The molecule has 1 fully saturated rings. The molecular formula is C25H45NO3. The highest BCUT2D eigenvalue weighted by Gasteiger charge is 2.28. The van der Waals surface area contributed by atoms with Gasteiger partial charge in [0.25, 0.3) is 0 Å². The summed E-state index contributed by atoms with van der Waals surface area (Å²) in [7, 11) is 0. The fourth-order valence-electron chi connectivity index (χ4n) is 3.77.